The highest BCUT2D eigenvalue weighted by Crippen LogP contribution is 2.24. The molecule has 0 saturated heterocycles. The van der Waals surface area contributed by atoms with Crippen LogP contribution in [0.1, 0.15) is 24.9 Å². The molecule has 0 aromatic heterocycles. The first-order valence-electron chi connectivity index (χ1n) is 6.87. The fourth-order valence-corrected chi connectivity index (χ4v) is 2.75. The first kappa shape index (κ1) is 15.4. The molecule has 21 heavy (non-hydrogen) atoms. The number of benzene rings is 2. The molecule has 0 amide bonds. The second kappa shape index (κ2) is 6.63. The zero-order chi connectivity index (χ0) is 15.3. The van der Waals surface area contributed by atoms with Crippen LogP contribution in [-0.4, -0.2) is 14.7 Å². The van der Waals surface area contributed by atoms with Crippen LogP contribution >= 0.6 is 0 Å². The highest BCUT2D eigenvalue weighted by molar-refractivity contribution is 7.92. The molecule has 5 heteroatoms. The van der Waals surface area contributed by atoms with E-state index >= 15 is 0 Å². The highest BCUT2D eigenvalue weighted by Gasteiger charge is 2.09. The summed E-state index contributed by atoms with van der Waals surface area (Å²) in [5, 5.41) is 3.44. The Bertz CT molecular complexity index is 684. The predicted molar refractivity (Wildman–Crippen MR) is 88.0 cm³/mol. The maximum Gasteiger partial charge on any atom is 0.229 e. The number of hydrogen-bond donors (Lipinski definition) is 2. The first-order chi connectivity index (χ1) is 9.98. The van der Waals surface area contributed by atoms with Gasteiger partial charge in [-0.25, -0.2) is 8.42 Å². The van der Waals surface area contributed by atoms with Gasteiger partial charge in [-0.3, -0.25) is 4.72 Å². The molecule has 1 unspecified atom stereocenters. The van der Waals surface area contributed by atoms with Gasteiger partial charge in [0.25, 0.3) is 0 Å². The van der Waals surface area contributed by atoms with Crippen molar-refractivity contribution in [1.29, 1.82) is 0 Å². The topological polar surface area (TPSA) is 58.2 Å². The van der Waals surface area contributed by atoms with Gasteiger partial charge in [-0.15, -0.1) is 0 Å². The summed E-state index contributed by atoms with van der Waals surface area (Å²) in [5.74, 6) is 0. The van der Waals surface area contributed by atoms with Gasteiger partial charge in [0.1, 0.15) is 0 Å². The maximum atomic E-state index is 11.3. The SMILES string of the molecule is CCC(Nc1cccc(NS(C)(=O)=O)c1)c1ccccc1. The third kappa shape index (κ3) is 4.79. The quantitative estimate of drug-likeness (QED) is 0.857. The van der Waals surface area contributed by atoms with Crippen molar-refractivity contribution < 1.29 is 8.42 Å². The molecule has 4 nitrogen and oxygen atoms in total. The van der Waals surface area contributed by atoms with Gasteiger partial charge in [0, 0.05) is 5.69 Å². The van der Waals surface area contributed by atoms with E-state index in [0.717, 1.165) is 18.4 Å². The fourth-order valence-electron chi connectivity index (χ4n) is 2.19. The van der Waals surface area contributed by atoms with E-state index in [1.165, 1.54) is 5.56 Å². The lowest BCUT2D eigenvalue weighted by atomic mass is 10.0. The standard InChI is InChI=1S/C16H20N2O2S/c1-3-16(13-8-5-4-6-9-13)17-14-10-7-11-15(12-14)18-21(2,19)20/h4-12,16-18H,3H2,1-2H3. The largest absolute Gasteiger partial charge is 0.378 e. The molecule has 1 atom stereocenters. The van der Waals surface area contributed by atoms with Crippen LogP contribution in [-0.2, 0) is 10.0 Å². The third-order valence-corrected chi connectivity index (χ3v) is 3.72. The molecule has 2 N–H and O–H groups in total. The molecular formula is C16H20N2O2S. The monoisotopic (exact) mass is 304 g/mol. The number of anilines is 2. The summed E-state index contributed by atoms with van der Waals surface area (Å²) in [6.07, 6.45) is 2.08. The summed E-state index contributed by atoms with van der Waals surface area (Å²) in [6, 6.07) is 17.7. The van der Waals surface area contributed by atoms with Crippen molar-refractivity contribution in [1.82, 2.24) is 0 Å². The molecule has 0 aliphatic heterocycles. The minimum Gasteiger partial charge on any atom is -0.378 e. The Hall–Kier alpha value is -2.01. The van der Waals surface area contributed by atoms with E-state index in [0.29, 0.717) is 5.69 Å². The predicted octanol–water partition coefficient (Wildman–Crippen LogP) is 3.62. The van der Waals surface area contributed by atoms with Gasteiger partial charge in [0.05, 0.1) is 18.0 Å². The summed E-state index contributed by atoms with van der Waals surface area (Å²) in [4.78, 5) is 0. The van der Waals surface area contributed by atoms with E-state index in [1.54, 1.807) is 12.1 Å². The summed E-state index contributed by atoms with van der Waals surface area (Å²) < 4.78 is 25.0. The number of nitrogens with one attached hydrogen (secondary N) is 2. The molecule has 2 rings (SSSR count). The van der Waals surface area contributed by atoms with Gasteiger partial charge in [0.2, 0.25) is 10.0 Å². The third-order valence-electron chi connectivity index (χ3n) is 3.12. The Morgan fingerprint density at radius 1 is 1.00 bits per heavy atom. The normalized spacial score (nSPS) is 12.7. The highest BCUT2D eigenvalue weighted by atomic mass is 32.2. The van der Waals surface area contributed by atoms with Crippen molar-refractivity contribution in [2.45, 2.75) is 19.4 Å². The van der Waals surface area contributed by atoms with Crippen LogP contribution in [0.25, 0.3) is 0 Å². The second-order valence-electron chi connectivity index (χ2n) is 4.97. The molecule has 0 aliphatic rings. The van der Waals surface area contributed by atoms with Crippen LogP contribution < -0.4 is 10.0 Å². The summed E-state index contributed by atoms with van der Waals surface area (Å²) in [7, 11) is -3.26. The molecule has 0 heterocycles. The zero-order valence-electron chi connectivity index (χ0n) is 12.2. The molecule has 112 valence electrons. The Balaban J connectivity index is 2.17. The van der Waals surface area contributed by atoms with Crippen molar-refractivity contribution in [2.24, 2.45) is 0 Å². The van der Waals surface area contributed by atoms with Crippen molar-refractivity contribution in [2.75, 3.05) is 16.3 Å². The maximum absolute atomic E-state index is 11.3. The van der Waals surface area contributed by atoms with Gasteiger partial charge in [0.15, 0.2) is 0 Å². The summed E-state index contributed by atoms with van der Waals surface area (Å²) >= 11 is 0. The number of hydrogen-bond acceptors (Lipinski definition) is 3. The van der Waals surface area contributed by atoms with Crippen molar-refractivity contribution in [3.05, 3.63) is 60.2 Å². The van der Waals surface area contributed by atoms with E-state index in [4.69, 9.17) is 0 Å². The molecule has 0 spiro atoms. The lowest BCUT2D eigenvalue weighted by Crippen LogP contribution is -2.11. The van der Waals surface area contributed by atoms with Crippen LogP contribution in [0, 0.1) is 0 Å². The second-order valence-corrected chi connectivity index (χ2v) is 6.72. The zero-order valence-corrected chi connectivity index (χ0v) is 13.0. The van der Waals surface area contributed by atoms with Crippen LogP contribution in [0.3, 0.4) is 0 Å². The summed E-state index contributed by atoms with van der Waals surface area (Å²) in [5.41, 5.74) is 2.66. The number of rotatable bonds is 6. The van der Waals surface area contributed by atoms with Crippen molar-refractivity contribution in [3.63, 3.8) is 0 Å². The van der Waals surface area contributed by atoms with Crippen molar-refractivity contribution >= 4 is 21.4 Å². The van der Waals surface area contributed by atoms with Crippen LogP contribution in [0.15, 0.2) is 54.6 Å². The average molecular weight is 304 g/mol. The first-order valence-corrected chi connectivity index (χ1v) is 8.76. The summed E-state index contributed by atoms with van der Waals surface area (Å²) in [6.45, 7) is 2.11. The van der Waals surface area contributed by atoms with E-state index in [1.807, 2.05) is 30.3 Å². The molecule has 0 saturated carbocycles. The minimum absolute atomic E-state index is 0.194. The lowest BCUT2D eigenvalue weighted by molar-refractivity contribution is 0.607. The minimum atomic E-state index is -3.26. The van der Waals surface area contributed by atoms with E-state index in [2.05, 4.69) is 29.1 Å². The van der Waals surface area contributed by atoms with E-state index < -0.39 is 10.0 Å². The average Bonchev–Trinajstić information content (AvgIpc) is 2.44. The van der Waals surface area contributed by atoms with Gasteiger partial charge in [-0.1, -0.05) is 43.3 Å². The Morgan fingerprint density at radius 3 is 2.29 bits per heavy atom. The van der Waals surface area contributed by atoms with Gasteiger partial charge in [-0.05, 0) is 30.2 Å². The molecule has 2 aromatic carbocycles. The van der Waals surface area contributed by atoms with Crippen molar-refractivity contribution in [3.8, 4) is 0 Å². The Labute approximate surface area is 126 Å². The van der Waals surface area contributed by atoms with Crippen LogP contribution in [0.2, 0.25) is 0 Å². The van der Waals surface area contributed by atoms with E-state index in [9.17, 15) is 8.42 Å². The Morgan fingerprint density at radius 2 is 1.67 bits per heavy atom. The Kier molecular flexibility index (Phi) is 4.85. The molecule has 0 bridgehead atoms. The van der Waals surface area contributed by atoms with Crippen LogP contribution in [0.4, 0.5) is 11.4 Å². The molecular weight excluding hydrogens is 284 g/mol. The number of sulfonamides is 1. The van der Waals surface area contributed by atoms with Gasteiger partial charge in [-0.2, -0.15) is 0 Å². The van der Waals surface area contributed by atoms with Crippen LogP contribution in [0.5, 0.6) is 0 Å². The molecule has 0 fully saturated rings. The van der Waals surface area contributed by atoms with Gasteiger partial charge >= 0.3 is 0 Å². The smallest absolute Gasteiger partial charge is 0.229 e. The molecule has 0 aliphatic carbocycles. The molecule has 2 aromatic rings. The fraction of sp³-hybridized carbons (Fsp3) is 0.250. The van der Waals surface area contributed by atoms with Gasteiger partial charge < -0.3 is 5.32 Å². The molecule has 0 radical (unpaired) electrons. The lowest BCUT2D eigenvalue weighted by Gasteiger charge is -2.19. The van der Waals surface area contributed by atoms with E-state index in [-0.39, 0.29) is 6.04 Å².